The maximum atomic E-state index is 13.6. The molecule has 0 saturated carbocycles. The van der Waals surface area contributed by atoms with E-state index in [-0.39, 0.29) is 30.1 Å². The van der Waals surface area contributed by atoms with Gasteiger partial charge in [0.1, 0.15) is 11.6 Å². The molecule has 2 N–H and O–H groups in total. The molecule has 1 fully saturated rings. The van der Waals surface area contributed by atoms with Gasteiger partial charge in [-0.2, -0.15) is 0 Å². The van der Waals surface area contributed by atoms with Crippen LogP contribution in [0.2, 0.25) is 0 Å². The summed E-state index contributed by atoms with van der Waals surface area (Å²) in [4.78, 5) is 2.17. The summed E-state index contributed by atoms with van der Waals surface area (Å²) in [6.07, 6.45) is 2.25. The van der Waals surface area contributed by atoms with Gasteiger partial charge in [0.05, 0.1) is 0 Å². The molecule has 1 aliphatic rings. The number of rotatable bonds is 3. The van der Waals surface area contributed by atoms with E-state index in [4.69, 9.17) is 5.73 Å². The van der Waals surface area contributed by atoms with Gasteiger partial charge in [-0.15, -0.1) is 12.4 Å². The van der Waals surface area contributed by atoms with E-state index in [0.29, 0.717) is 24.6 Å². The summed E-state index contributed by atoms with van der Waals surface area (Å²) in [6, 6.07) is 3.89. The number of hydrogen-bond acceptors (Lipinski definition) is 2. The molecule has 108 valence electrons. The van der Waals surface area contributed by atoms with Gasteiger partial charge in [0.2, 0.25) is 0 Å². The van der Waals surface area contributed by atoms with Crippen molar-refractivity contribution in [2.45, 2.75) is 32.4 Å². The molecule has 1 heterocycles. The van der Waals surface area contributed by atoms with Crippen molar-refractivity contribution >= 4 is 12.4 Å². The van der Waals surface area contributed by atoms with Crippen LogP contribution in [-0.4, -0.2) is 24.0 Å². The molecule has 1 saturated heterocycles. The van der Waals surface area contributed by atoms with Gasteiger partial charge in [-0.05, 0) is 43.5 Å². The molecular weight excluding hydrogens is 270 g/mol. The second-order valence-corrected chi connectivity index (χ2v) is 5.13. The monoisotopic (exact) mass is 290 g/mol. The van der Waals surface area contributed by atoms with E-state index >= 15 is 0 Å². The van der Waals surface area contributed by atoms with E-state index in [1.807, 2.05) is 0 Å². The molecule has 1 aliphatic heterocycles. The average Bonchev–Trinajstić information content (AvgIpc) is 2.34. The number of hydrogen-bond donors (Lipinski definition) is 1. The van der Waals surface area contributed by atoms with Gasteiger partial charge in [0, 0.05) is 24.7 Å². The van der Waals surface area contributed by atoms with E-state index in [2.05, 4.69) is 11.8 Å². The molecule has 2 unspecified atom stereocenters. The summed E-state index contributed by atoms with van der Waals surface area (Å²) in [5, 5.41) is 0. The Bertz CT molecular complexity index is 414. The van der Waals surface area contributed by atoms with Crippen molar-refractivity contribution in [3.8, 4) is 0 Å². The maximum absolute atomic E-state index is 13.6. The second kappa shape index (κ2) is 7.17. The molecule has 19 heavy (non-hydrogen) atoms. The molecule has 0 aliphatic carbocycles. The Labute approximate surface area is 119 Å². The van der Waals surface area contributed by atoms with E-state index < -0.39 is 0 Å². The van der Waals surface area contributed by atoms with Crippen LogP contribution in [0.1, 0.15) is 25.3 Å². The first-order valence-corrected chi connectivity index (χ1v) is 6.50. The zero-order chi connectivity index (χ0) is 13.1. The van der Waals surface area contributed by atoms with Crippen molar-refractivity contribution in [1.29, 1.82) is 0 Å². The summed E-state index contributed by atoms with van der Waals surface area (Å²) in [5.41, 5.74) is 6.22. The van der Waals surface area contributed by atoms with Crippen molar-refractivity contribution in [1.82, 2.24) is 4.90 Å². The third-order valence-corrected chi connectivity index (χ3v) is 3.85. The van der Waals surface area contributed by atoms with Crippen LogP contribution < -0.4 is 5.73 Å². The predicted molar refractivity (Wildman–Crippen MR) is 75.3 cm³/mol. The number of nitrogens with two attached hydrogens (primary N) is 1. The quantitative estimate of drug-likeness (QED) is 0.927. The minimum absolute atomic E-state index is 0. The number of nitrogens with zero attached hydrogens (tertiary/aromatic N) is 1. The van der Waals surface area contributed by atoms with Crippen LogP contribution in [0, 0.1) is 17.6 Å². The number of benzene rings is 1. The molecule has 0 aromatic heterocycles. The third-order valence-electron chi connectivity index (χ3n) is 3.85. The zero-order valence-corrected chi connectivity index (χ0v) is 11.9. The lowest BCUT2D eigenvalue weighted by molar-refractivity contribution is 0.0978. The third kappa shape index (κ3) is 3.88. The van der Waals surface area contributed by atoms with E-state index in [0.717, 1.165) is 25.5 Å². The number of likely N-dealkylation sites (tertiary alicyclic amines) is 1. The SMILES string of the molecule is CC1CCCN(Cc2cc(F)ccc2F)C1CN.Cl. The van der Waals surface area contributed by atoms with Crippen molar-refractivity contribution < 1.29 is 8.78 Å². The molecule has 2 atom stereocenters. The first-order valence-electron chi connectivity index (χ1n) is 6.50. The van der Waals surface area contributed by atoms with Crippen molar-refractivity contribution in [3.63, 3.8) is 0 Å². The molecule has 0 amide bonds. The van der Waals surface area contributed by atoms with Crippen LogP contribution in [0.5, 0.6) is 0 Å². The molecule has 5 heteroatoms. The largest absolute Gasteiger partial charge is 0.329 e. The Morgan fingerprint density at radius 2 is 2.11 bits per heavy atom. The fourth-order valence-electron chi connectivity index (χ4n) is 2.80. The maximum Gasteiger partial charge on any atom is 0.127 e. The summed E-state index contributed by atoms with van der Waals surface area (Å²) < 4.78 is 26.8. The average molecular weight is 291 g/mol. The zero-order valence-electron chi connectivity index (χ0n) is 11.1. The molecular formula is C14H21ClF2N2. The lowest BCUT2D eigenvalue weighted by atomic mass is 9.90. The molecule has 0 bridgehead atoms. The van der Waals surface area contributed by atoms with Crippen molar-refractivity contribution in [3.05, 3.63) is 35.4 Å². The first kappa shape index (κ1) is 16.3. The molecule has 2 nitrogen and oxygen atoms in total. The molecule has 0 spiro atoms. The molecule has 1 aromatic rings. The smallest absolute Gasteiger partial charge is 0.127 e. The minimum Gasteiger partial charge on any atom is -0.329 e. The highest BCUT2D eigenvalue weighted by Crippen LogP contribution is 2.25. The lowest BCUT2D eigenvalue weighted by Crippen LogP contribution is -2.48. The van der Waals surface area contributed by atoms with E-state index in [9.17, 15) is 8.78 Å². The Morgan fingerprint density at radius 3 is 2.79 bits per heavy atom. The van der Waals surface area contributed by atoms with Crippen LogP contribution in [0.4, 0.5) is 8.78 Å². The van der Waals surface area contributed by atoms with Crippen LogP contribution in [0.15, 0.2) is 18.2 Å². The summed E-state index contributed by atoms with van der Waals surface area (Å²) in [7, 11) is 0. The highest BCUT2D eigenvalue weighted by molar-refractivity contribution is 5.85. The Morgan fingerprint density at radius 1 is 1.37 bits per heavy atom. The Kier molecular flexibility index (Phi) is 6.17. The van der Waals surface area contributed by atoms with E-state index in [1.165, 1.54) is 12.1 Å². The Balaban J connectivity index is 0.00000180. The highest BCUT2D eigenvalue weighted by atomic mass is 35.5. The fourth-order valence-corrected chi connectivity index (χ4v) is 2.80. The van der Waals surface area contributed by atoms with Crippen LogP contribution >= 0.6 is 12.4 Å². The predicted octanol–water partition coefficient (Wildman–Crippen LogP) is 2.95. The standard InChI is InChI=1S/C14H20F2N2.ClH/c1-10-3-2-6-18(14(10)8-17)9-11-7-12(15)4-5-13(11)16;/h4-5,7,10,14H,2-3,6,8-9,17H2,1H3;1H. The summed E-state index contributed by atoms with van der Waals surface area (Å²) in [5.74, 6) is -0.216. The summed E-state index contributed by atoms with van der Waals surface area (Å²) in [6.45, 7) is 4.09. The minimum atomic E-state index is -0.388. The van der Waals surface area contributed by atoms with Gasteiger partial charge >= 0.3 is 0 Å². The van der Waals surface area contributed by atoms with Gasteiger partial charge in [0.25, 0.3) is 0 Å². The molecule has 2 rings (SSSR count). The van der Waals surface area contributed by atoms with Crippen LogP contribution in [0.25, 0.3) is 0 Å². The second-order valence-electron chi connectivity index (χ2n) is 5.13. The first-order chi connectivity index (χ1) is 8.61. The number of piperidine rings is 1. The fraction of sp³-hybridized carbons (Fsp3) is 0.571. The molecule has 0 radical (unpaired) electrons. The van der Waals surface area contributed by atoms with Crippen LogP contribution in [-0.2, 0) is 6.54 Å². The van der Waals surface area contributed by atoms with Crippen molar-refractivity contribution in [2.75, 3.05) is 13.1 Å². The lowest BCUT2D eigenvalue weighted by Gasteiger charge is -2.39. The van der Waals surface area contributed by atoms with Crippen molar-refractivity contribution in [2.24, 2.45) is 11.7 Å². The van der Waals surface area contributed by atoms with Gasteiger partial charge < -0.3 is 5.73 Å². The number of halogens is 3. The molecule has 1 aromatic carbocycles. The van der Waals surface area contributed by atoms with Gasteiger partial charge in [-0.1, -0.05) is 6.92 Å². The normalized spacial score (nSPS) is 24.0. The highest BCUT2D eigenvalue weighted by Gasteiger charge is 2.27. The topological polar surface area (TPSA) is 29.3 Å². The van der Waals surface area contributed by atoms with Gasteiger partial charge in [0.15, 0.2) is 0 Å². The van der Waals surface area contributed by atoms with Crippen LogP contribution in [0.3, 0.4) is 0 Å². The summed E-state index contributed by atoms with van der Waals surface area (Å²) >= 11 is 0. The van der Waals surface area contributed by atoms with Gasteiger partial charge in [-0.25, -0.2) is 8.78 Å². The Hall–Kier alpha value is -0.710. The van der Waals surface area contributed by atoms with Gasteiger partial charge in [-0.3, -0.25) is 4.90 Å². The van der Waals surface area contributed by atoms with E-state index in [1.54, 1.807) is 0 Å².